The van der Waals surface area contributed by atoms with Crippen molar-refractivity contribution in [2.75, 3.05) is 20.3 Å². The van der Waals surface area contributed by atoms with Gasteiger partial charge in [0.25, 0.3) is 0 Å². The zero-order valence-corrected chi connectivity index (χ0v) is 11.0. The van der Waals surface area contributed by atoms with Crippen LogP contribution in [0.1, 0.15) is 18.4 Å². The van der Waals surface area contributed by atoms with E-state index in [2.05, 4.69) is 10.1 Å². The van der Waals surface area contributed by atoms with Gasteiger partial charge < -0.3 is 14.8 Å². The number of methoxy groups -OCH3 is 1. The molecule has 0 heterocycles. The molecule has 0 unspecified atom stereocenters. The van der Waals surface area contributed by atoms with Gasteiger partial charge in [0.15, 0.2) is 6.61 Å². The second-order valence-electron chi connectivity index (χ2n) is 3.95. The Hall–Kier alpha value is -2.06. The molecule has 0 spiro atoms. The highest BCUT2D eigenvalue weighted by Crippen LogP contribution is 2.11. The number of hydrogen-bond donors (Lipinski definition) is 1. The molecule has 0 aliphatic heterocycles. The summed E-state index contributed by atoms with van der Waals surface area (Å²) in [6, 6.07) is 9.48. The number of esters is 1. The average molecular weight is 262 g/mol. The van der Waals surface area contributed by atoms with Crippen LogP contribution in [0.2, 0.25) is 0 Å². The quantitative estimate of drug-likeness (QED) is 0.569. The van der Waals surface area contributed by atoms with Gasteiger partial charge >= 0.3 is 5.97 Å². The number of ether oxygens (including phenoxy) is 2. The molecule has 1 aromatic rings. The van der Waals surface area contributed by atoms with Gasteiger partial charge in [0, 0.05) is 13.0 Å². The number of carbonyl (C=O) groups is 1. The average Bonchev–Trinajstić information content (AvgIpc) is 2.45. The lowest BCUT2D eigenvalue weighted by molar-refractivity contribution is -0.140. The molecule has 1 aromatic carbocycles. The highest BCUT2D eigenvalue weighted by Gasteiger charge is 1.99. The van der Waals surface area contributed by atoms with Crippen molar-refractivity contribution in [3.63, 3.8) is 0 Å². The summed E-state index contributed by atoms with van der Waals surface area (Å²) in [6.45, 7) is 1.56. The van der Waals surface area contributed by atoms with Crippen LogP contribution in [0.3, 0.4) is 0 Å². The van der Waals surface area contributed by atoms with Crippen LogP contribution in [-0.4, -0.2) is 26.2 Å². The maximum Gasteiger partial charge on any atom is 0.305 e. The van der Waals surface area contributed by atoms with Crippen LogP contribution in [0.5, 0.6) is 5.75 Å². The van der Waals surface area contributed by atoms with Gasteiger partial charge in [-0.1, -0.05) is 12.1 Å². The lowest BCUT2D eigenvalue weighted by atomic mass is 10.2. The monoisotopic (exact) mass is 262 g/mol. The van der Waals surface area contributed by atoms with Crippen molar-refractivity contribution in [1.82, 2.24) is 5.32 Å². The van der Waals surface area contributed by atoms with Crippen LogP contribution >= 0.6 is 0 Å². The zero-order chi connectivity index (χ0) is 13.9. The van der Waals surface area contributed by atoms with E-state index < -0.39 is 0 Å². The molecule has 0 saturated carbocycles. The van der Waals surface area contributed by atoms with Crippen LogP contribution in [0.4, 0.5) is 0 Å². The summed E-state index contributed by atoms with van der Waals surface area (Å²) in [7, 11) is 1.39. The van der Waals surface area contributed by atoms with E-state index in [4.69, 9.17) is 10.00 Å². The summed E-state index contributed by atoms with van der Waals surface area (Å²) in [6.07, 6.45) is 1.19. The van der Waals surface area contributed by atoms with Gasteiger partial charge in [0.05, 0.1) is 7.11 Å². The summed E-state index contributed by atoms with van der Waals surface area (Å²) in [5.41, 5.74) is 1.13. The molecule has 1 rings (SSSR count). The largest absolute Gasteiger partial charge is 0.479 e. The Labute approximate surface area is 113 Å². The van der Waals surface area contributed by atoms with Gasteiger partial charge in [0.2, 0.25) is 0 Å². The third-order valence-electron chi connectivity index (χ3n) is 2.52. The molecule has 0 aromatic heterocycles. The maximum atomic E-state index is 10.9. The van der Waals surface area contributed by atoms with Gasteiger partial charge in [-0.2, -0.15) is 5.26 Å². The molecule has 102 valence electrons. The van der Waals surface area contributed by atoms with E-state index in [9.17, 15) is 4.79 Å². The van der Waals surface area contributed by atoms with Crippen LogP contribution < -0.4 is 10.1 Å². The first kappa shape index (κ1) is 15.0. The van der Waals surface area contributed by atoms with Crippen LogP contribution in [-0.2, 0) is 16.1 Å². The molecule has 5 heteroatoms. The highest BCUT2D eigenvalue weighted by molar-refractivity contribution is 5.69. The van der Waals surface area contributed by atoms with Gasteiger partial charge in [-0.15, -0.1) is 0 Å². The molecule has 0 amide bonds. The molecule has 0 fully saturated rings. The van der Waals surface area contributed by atoms with E-state index in [1.165, 1.54) is 7.11 Å². The molecule has 0 bridgehead atoms. The molecule has 0 saturated heterocycles. The van der Waals surface area contributed by atoms with Gasteiger partial charge in [-0.05, 0) is 30.7 Å². The maximum absolute atomic E-state index is 10.9. The minimum Gasteiger partial charge on any atom is -0.479 e. The predicted molar refractivity (Wildman–Crippen MR) is 70.5 cm³/mol. The van der Waals surface area contributed by atoms with Crippen molar-refractivity contribution in [3.05, 3.63) is 29.8 Å². The van der Waals surface area contributed by atoms with E-state index in [0.29, 0.717) is 12.2 Å². The third kappa shape index (κ3) is 6.43. The summed E-state index contributed by atoms with van der Waals surface area (Å²) in [5, 5.41) is 11.6. The molecule has 5 nitrogen and oxygen atoms in total. The SMILES string of the molecule is COC(=O)CCCNCc1ccc(OCC#N)cc1. The second-order valence-corrected chi connectivity index (χ2v) is 3.95. The summed E-state index contributed by atoms with van der Waals surface area (Å²) >= 11 is 0. The number of hydrogen-bond acceptors (Lipinski definition) is 5. The molecule has 1 N–H and O–H groups in total. The molecule has 0 atom stereocenters. The van der Waals surface area contributed by atoms with E-state index in [0.717, 1.165) is 25.1 Å². The summed E-state index contributed by atoms with van der Waals surface area (Å²) in [4.78, 5) is 10.9. The number of nitriles is 1. The van der Waals surface area contributed by atoms with Crippen molar-refractivity contribution in [1.29, 1.82) is 5.26 Å². The number of carbonyl (C=O) groups excluding carboxylic acids is 1. The minimum atomic E-state index is -0.180. The highest BCUT2D eigenvalue weighted by atomic mass is 16.5. The molecule has 0 radical (unpaired) electrons. The van der Waals surface area contributed by atoms with Crippen molar-refractivity contribution in [3.8, 4) is 11.8 Å². The van der Waals surface area contributed by atoms with Gasteiger partial charge in [-0.25, -0.2) is 0 Å². The minimum absolute atomic E-state index is 0.0606. The Morgan fingerprint density at radius 1 is 1.37 bits per heavy atom. The predicted octanol–water partition coefficient (Wildman–Crippen LogP) is 1.63. The van der Waals surface area contributed by atoms with Crippen LogP contribution in [0, 0.1) is 11.3 Å². The first-order valence-electron chi connectivity index (χ1n) is 6.12. The molecular formula is C14H18N2O3. The molecule has 19 heavy (non-hydrogen) atoms. The van der Waals surface area contributed by atoms with Gasteiger partial charge in [0.1, 0.15) is 11.8 Å². The summed E-state index contributed by atoms with van der Waals surface area (Å²) in [5.74, 6) is 0.511. The van der Waals surface area contributed by atoms with E-state index in [1.54, 1.807) is 0 Å². The molecule has 0 aliphatic carbocycles. The van der Waals surface area contributed by atoms with Gasteiger partial charge in [-0.3, -0.25) is 4.79 Å². The van der Waals surface area contributed by atoms with Crippen molar-refractivity contribution in [2.45, 2.75) is 19.4 Å². The topological polar surface area (TPSA) is 71.3 Å². The van der Waals surface area contributed by atoms with E-state index in [-0.39, 0.29) is 12.6 Å². The number of benzene rings is 1. The van der Waals surface area contributed by atoms with Crippen molar-refractivity contribution in [2.24, 2.45) is 0 Å². The van der Waals surface area contributed by atoms with E-state index >= 15 is 0 Å². The first-order valence-corrected chi connectivity index (χ1v) is 6.12. The van der Waals surface area contributed by atoms with Crippen LogP contribution in [0.25, 0.3) is 0 Å². The fourth-order valence-electron chi connectivity index (χ4n) is 1.51. The van der Waals surface area contributed by atoms with Crippen molar-refractivity contribution >= 4 is 5.97 Å². The van der Waals surface area contributed by atoms with Crippen LogP contribution in [0.15, 0.2) is 24.3 Å². The zero-order valence-electron chi connectivity index (χ0n) is 11.0. The molecule has 0 aliphatic rings. The Balaban J connectivity index is 2.19. The Morgan fingerprint density at radius 2 is 2.11 bits per heavy atom. The smallest absolute Gasteiger partial charge is 0.305 e. The van der Waals surface area contributed by atoms with E-state index in [1.807, 2.05) is 30.3 Å². The lowest BCUT2D eigenvalue weighted by Gasteiger charge is -2.06. The standard InChI is InChI=1S/C14H18N2O3/c1-18-14(17)3-2-9-16-11-12-4-6-13(7-5-12)19-10-8-15/h4-7,16H,2-3,9-11H2,1H3. The fraction of sp³-hybridized carbons (Fsp3) is 0.429. The third-order valence-corrected chi connectivity index (χ3v) is 2.52. The normalized spacial score (nSPS) is 9.68. The lowest BCUT2D eigenvalue weighted by Crippen LogP contribution is -2.16. The molecular weight excluding hydrogens is 244 g/mol. The Kier molecular flexibility index (Phi) is 7.06. The van der Waals surface area contributed by atoms with Crippen molar-refractivity contribution < 1.29 is 14.3 Å². The number of rotatable bonds is 8. The second kappa shape index (κ2) is 8.95. The number of nitrogens with zero attached hydrogens (tertiary/aromatic N) is 1. The first-order chi connectivity index (χ1) is 9.26. The Morgan fingerprint density at radius 3 is 2.74 bits per heavy atom. The number of nitrogens with one attached hydrogen (secondary N) is 1. The Bertz CT molecular complexity index is 423. The summed E-state index contributed by atoms with van der Waals surface area (Å²) < 4.78 is 9.72. The fourth-order valence-corrected chi connectivity index (χ4v) is 1.51.